The number of nitrogens with zero attached hydrogens (tertiary/aromatic N) is 2. The smallest absolute Gasteiger partial charge is 0.259 e. The number of likely N-dealkylation sites (N-methyl/N-ethyl adjacent to an activating group) is 1. The Morgan fingerprint density at radius 1 is 1.25 bits per heavy atom. The van der Waals surface area contributed by atoms with Gasteiger partial charge in [-0.1, -0.05) is 24.2 Å². The van der Waals surface area contributed by atoms with Crippen LogP contribution in [0.5, 0.6) is 0 Å². The Balaban J connectivity index is 2.07. The van der Waals surface area contributed by atoms with Crippen LogP contribution in [-0.4, -0.2) is 35.5 Å². The summed E-state index contributed by atoms with van der Waals surface area (Å²) in [5.74, 6) is -0.0351. The molecule has 1 N–H and O–H groups in total. The van der Waals surface area contributed by atoms with E-state index in [0.29, 0.717) is 23.4 Å². The first kappa shape index (κ1) is 17.7. The number of aryl methyl sites for hydroxylation is 4. The second kappa shape index (κ2) is 7.29. The van der Waals surface area contributed by atoms with E-state index in [4.69, 9.17) is 4.52 Å². The molecule has 24 heavy (non-hydrogen) atoms. The molecule has 0 aliphatic carbocycles. The third kappa shape index (κ3) is 3.82. The zero-order valence-electron chi connectivity index (χ0n) is 14.8. The average Bonchev–Trinajstić information content (AvgIpc) is 2.90. The van der Waals surface area contributed by atoms with Gasteiger partial charge in [-0.25, -0.2) is 0 Å². The lowest BCUT2D eigenvalue weighted by Crippen LogP contribution is -2.35. The van der Waals surface area contributed by atoms with Crippen molar-refractivity contribution in [1.29, 1.82) is 0 Å². The molecule has 0 atom stereocenters. The number of nitrogens with one attached hydrogen (secondary N) is 1. The first-order valence-corrected chi connectivity index (χ1v) is 7.91. The molecule has 1 heterocycles. The standard InChI is InChI=1S/C18H23N3O3/c1-6-14-17(13(4)24-20-14)18(23)21(5)10-16(22)19-15-9-11(2)7-8-12(15)3/h7-9H,6,10H2,1-5H3,(H,19,22). The molecule has 0 fully saturated rings. The normalized spacial score (nSPS) is 10.5. The van der Waals surface area contributed by atoms with Gasteiger partial charge < -0.3 is 14.7 Å². The fraction of sp³-hybridized carbons (Fsp3) is 0.389. The number of hydrogen-bond acceptors (Lipinski definition) is 4. The van der Waals surface area contributed by atoms with E-state index < -0.39 is 0 Å². The highest BCUT2D eigenvalue weighted by Crippen LogP contribution is 2.18. The Hall–Kier alpha value is -2.63. The molecule has 0 bridgehead atoms. The molecule has 0 saturated heterocycles. The quantitative estimate of drug-likeness (QED) is 0.915. The molecule has 0 spiro atoms. The van der Waals surface area contributed by atoms with Crippen LogP contribution < -0.4 is 5.32 Å². The second-order valence-corrected chi connectivity index (χ2v) is 5.94. The number of carbonyl (C=O) groups is 2. The van der Waals surface area contributed by atoms with Crippen molar-refractivity contribution in [2.24, 2.45) is 0 Å². The second-order valence-electron chi connectivity index (χ2n) is 5.94. The third-order valence-electron chi connectivity index (χ3n) is 3.88. The van der Waals surface area contributed by atoms with E-state index in [2.05, 4.69) is 10.5 Å². The van der Waals surface area contributed by atoms with Crippen molar-refractivity contribution in [2.45, 2.75) is 34.1 Å². The first-order chi connectivity index (χ1) is 11.3. The molecule has 1 aromatic carbocycles. The predicted octanol–water partition coefficient (Wildman–Crippen LogP) is 2.87. The monoisotopic (exact) mass is 329 g/mol. The molecule has 0 aliphatic heterocycles. The van der Waals surface area contributed by atoms with Gasteiger partial charge in [-0.15, -0.1) is 0 Å². The number of anilines is 1. The van der Waals surface area contributed by atoms with Gasteiger partial charge >= 0.3 is 0 Å². The summed E-state index contributed by atoms with van der Waals surface area (Å²) >= 11 is 0. The van der Waals surface area contributed by atoms with Crippen molar-refractivity contribution in [3.8, 4) is 0 Å². The Morgan fingerprint density at radius 3 is 2.62 bits per heavy atom. The van der Waals surface area contributed by atoms with Crippen LogP contribution in [0.4, 0.5) is 5.69 Å². The Bertz CT molecular complexity index is 765. The molecule has 1 aromatic heterocycles. The van der Waals surface area contributed by atoms with Crippen molar-refractivity contribution in [2.75, 3.05) is 18.9 Å². The minimum absolute atomic E-state index is 0.0417. The molecule has 6 heteroatoms. The van der Waals surface area contributed by atoms with Crippen molar-refractivity contribution >= 4 is 17.5 Å². The van der Waals surface area contributed by atoms with E-state index in [-0.39, 0.29) is 18.4 Å². The summed E-state index contributed by atoms with van der Waals surface area (Å²) in [6.07, 6.45) is 0.598. The Kier molecular flexibility index (Phi) is 5.39. The number of hydrogen-bond donors (Lipinski definition) is 1. The van der Waals surface area contributed by atoms with Crippen LogP contribution >= 0.6 is 0 Å². The van der Waals surface area contributed by atoms with Crippen molar-refractivity contribution in [3.05, 3.63) is 46.3 Å². The van der Waals surface area contributed by atoms with Gasteiger partial charge in [0.1, 0.15) is 11.3 Å². The molecule has 0 radical (unpaired) electrons. The van der Waals surface area contributed by atoms with Gasteiger partial charge in [-0.2, -0.15) is 0 Å². The van der Waals surface area contributed by atoms with Gasteiger partial charge in [-0.3, -0.25) is 9.59 Å². The molecule has 0 aliphatic rings. The maximum atomic E-state index is 12.6. The number of amides is 2. The number of benzene rings is 1. The largest absolute Gasteiger partial charge is 0.361 e. The molecule has 2 amide bonds. The van der Waals surface area contributed by atoms with Gasteiger partial charge in [0.2, 0.25) is 5.91 Å². The van der Waals surface area contributed by atoms with Crippen LogP contribution in [0.1, 0.15) is 39.9 Å². The lowest BCUT2D eigenvalue weighted by atomic mass is 10.1. The van der Waals surface area contributed by atoms with Crippen LogP contribution in [0.15, 0.2) is 22.7 Å². The van der Waals surface area contributed by atoms with Gasteiger partial charge in [0, 0.05) is 12.7 Å². The lowest BCUT2D eigenvalue weighted by molar-refractivity contribution is -0.116. The highest BCUT2D eigenvalue weighted by molar-refractivity contribution is 6.00. The van der Waals surface area contributed by atoms with Crippen LogP contribution in [0, 0.1) is 20.8 Å². The van der Waals surface area contributed by atoms with Crippen LogP contribution in [0.3, 0.4) is 0 Å². The molecule has 2 rings (SSSR count). The van der Waals surface area contributed by atoms with E-state index >= 15 is 0 Å². The summed E-state index contributed by atoms with van der Waals surface area (Å²) in [5, 5.41) is 6.74. The predicted molar refractivity (Wildman–Crippen MR) is 92.1 cm³/mol. The Labute approximate surface area is 141 Å². The highest BCUT2D eigenvalue weighted by atomic mass is 16.5. The summed E-state index contributed by atoms with van der Waals surface area (Å²) < 4.78 is 5.09. The summed E-state index contributed by atoms with van der Waals surface area (Å²) in [6.45, 7) is 7.45. The minimum atomic E-state index is -0.262. The zero-order chi connectivity index (χ0) is 17.9. The summed E-state index contributed by atoms with van der Waals surface area (Å²) in [6, 6.07) is 5.85. The number of carbonyl (C=O) groups excluding carboxylic acids is 2. The van der Waals surface area contributed by atoms with Crippen molar-refractivity contribution in [3.63, 3.8) is 0 Å². The molecule has 128 valence electrons. The Morgan fingerprint density at radius 2 is 1.96 bits per heavy atom. The van der Waals surface area contributed by atoms with E-state index in [1.165, 1.54) is 4.90 Å². The van der Waals surface area contributed by atoms with E-state index in [9.17, 15) is 9.59 Å². The third-order valence-corrected chi connectivity index (χ3v) is 3.88. The summed E-state index contributed by atoms with van der Waals surface area (Å²) in [7, 11) is 1.59. The van der Waals surface area contributed by atoms with Crippen LogP contribution in [-0.2, 0) is 11.2 Å². The molecule has 0 saturated carbocycles. The number of aromatic nitrogens is 1. The van der Waals surface area contributed by atoms with Gasteiger partial charge in [0.25, 0.3) is 5.91 Å². The fourth-order valence-electron chi connectivity index (χ4n) is 2.47. The first-order valence-electron chi connectivity index (χ1n) is 7.91. The molecule has 2 aromatic rings. The average molecular weight is 329 g/mol. The highest BCUT2D eigenvalue weighted by Gasteiger charge is 2.23. The number of rotatable bonds is 5. The van der Waals surface area contributed by atoms with E-state index in [1.807, 2.05) is 39.0 Å². The topological polar surface area (TPSA) is 75.4 Å². The van der Waals surface area contributed by atoms with Crippen molar-refractivity contribution < 1.29 is 14.1 Å². The summed E-state index contributed by atoms with van der Waals surface area (Å²) in [5.41, 5.74) is 3.86. The van der Waals surface area contributed by atoms with Crippen LogP contribution in [0.25, 0.3) is 0 Å². The fourth-order valence-corrected chi connectivity index (χ4v) is 2.47. The van der Waals surface area contributed by atoms with Gasteiger partial charge in [0.05, 0.1) is 12.2 Å². The zero-order valence-corrected chi connectivity index (χ0v) is 14.8. The summed E-state index contributed by atoms with van der Waals surface area (Å²) in [4.78, 5) is 26.2. The maximum Gasteiger partial charge on any atom is 0.259 e. The van der Waals surface area contributed by atoms with Crippen LogP contribution in [0.2, 0.25) is 0 Å². The van der Waals surface area contributed by atoms with Gasteiger partial charge in [0.15, 0.2) is 0 Å². The molecule has 6 nitrogen and oxygen atoms in total. The van der Waals surface area contributed by atoms with E-state index in [1.54, 1.807) is 14.0 Å². The molecular weight excluding hydrogens is 306 g/mol. The minimum Gasteiger partial charge on any atom is -0.361 e. The lowest BCUT2D eigenvalue weighted by Gasteiger charge is -2.17. The molecular formula is C18H23N3O3. The SMILES string of the molecule is CCc1noc(C)c1C(=O)N(C)CC(=O)Nc1cc(C)ccc1C. The van der Waals surface area contributed by atoms with Crippen molar-refractivity contribution in [1.82, 2.24) is 10.1 Å². The molecule has 0 unspecified atom stereocenters. The van der Waals surface area contributed by atoms with E-state index in [0.717, 1.165) is 16.8 Å². The maximum absolute atomic E-state index is 12.6. The van der Waals surface area contributed by atoms with Gasteiger partial charge in [-0.05, 0) is 44.4 Å².